The lowest BCUT2D eigenvalue weighted by atomic mass is 10.1. The molecule has 1 aromatic heterocycles. The van der Waals surface area contributed by atoms with E-state index < -0.39 is 5.97 Å². The number of esters is 1. The standard InChI is InChI=1S/C20H19ClN2O4/c1-13(2)25-11-14-3-5-16(6-4-14)20(24)26-12-18-22-23-19(27-18)15-7-9-17(21)10-8-15/h3-10,13H,11-12H2,1-2H3. The molecule has 0 radical (unpaired) electrons. The maximum Gasteiger partial charge on any atom is 0.338 e. The van der Waals surface area contributed by atoms with Crippen LogP contribution in [0, 0.1) is 0 Å². The summed E-state index contributed by atoms with van der Waals surface area (Å²) in [7, 11) is 0. The Balaban J connectivity index is 1.55. The lowest BCUT2D eigenvalue weighted by molar-refractivity contribution is 0.0438. The minimum absolute atomic E-state index is 0.0996. The van der Waals surface area contributed by atoms with Crippen molar-refractivity contribution < 1.29 is 18.7 Å². The molecule has 0 bridgehead atoms. The molecule has 0 saturated carbocycles. The lowest BCUT2D eigenvalue weighted by Crippen LogP contribution is -2.06. The van der Waals surface area contributed by atoms with Crippen molar-refractivity contribution in [3.63, 3.8) is 0 Å². The van der Waals surface area contributed by atoms with E-state index in [4.69, 9.17) is 25.5 Å². The molecular weight excluding hydrogens is 368 g/mol. The molecule has 2 aromatic carbocycles. The monoisotopic (exact) mass is 386 g/mol. The number of rotatable bonds is 7. The number of carbonyl (C=O) groups is 1. The molecule has 7 heteroatoms. The second-order valence-corrected chi connectivity index (χ2v) is 6.58. The first-order valence-electron chi connectivity index (χ1n) is 8.47. The lowest BCUT2D eigenvalue weighted by Gasteiger charge is -2.08. The Morgan fingerprint density at radius 1 is 1.04 bits per heavy atom. The van der Waals surface area contributed by atoms with Gasteiger partial charge in [0.15, 0.2) is 6.61 Å². The van der Waals surface area contributed by atoms with Crippen LogP contribution in [0.1, 0.15) is 35.7 Å². The van der Waals surface area contributed by atoms with Gasteiger partial charge in [0.05, 0.1) is 18.3 Å². The zero-order valence-electron chi connectivity index (χ0n) is 15.0. The zero-order chi connectivity index (χ0) is 19.2. The minimum atomic E-state index is -0.461. The molecule has 3 aromatic rings. The third-order valence-electron chi connectivity index (χ3n) is 3.66. The topological polar surface area (TPSA) is 74.5 Å². The normalized spacial score (nSPS) is 11.0. The van der Waals surface area contributed by atoms with Crippen molar-refractivity contribution >= 4 is 17.6 Å². The van der Waals surface area contributed by atoms with Gasteiger partial charge in [-0.2, -0.15) is 0 Å². The predicted molar refractivity (Wildman–Crippen MR) is 100 cm³/mol. The van der Waals surface area contributed by atoms with Gasteiger partial charge in [-0.25, -0.2) is 4.79 Å². The summed E-state index contributed by atoms with van der Waals surface area (Å²) >= 11 is 5.86. The largest absolute Gasteiger partial charge is 0.452 e. The number of nitrogens with zero attached hydrogens (tertiary/aromatic N) is 2. The number of benzene rings is 2. The van der Waals surface area contributed by atoms with Crippen molar-refractivity contribution in [3.05, 3.63) is 70.6 Å². The first-order valence-corrected chi connectivity index (χ1v) is 8.85. The number of ether oxygens (including phenoxy) is 2. The van der Waals surface area contributed by atoms with Gasteiger partial charge in [-0.15, -0.1) is 10.2 Å². The molecule has 0 unspecified atom stereocenters. The Labute approximate surface area is 162 Å². The highest BCUT2D eigenvalue weighted by atomic mass is 35.5. The Morgan fingerprint density at radius 3 is 2.41 bits per heavy atom. The van der Waals surface area contributed by atoms with E-state index in [9.17, 15) is 4.79 Å². The summed E-state index contributed by atoms with van der Waals surface area (Å²) in [5.41, 5.74) is 2.18. The molecule has 0 aliphatic rings. The summed E-state index contributed by atoms with van der Waals surface area (Å²) in [5.74, 6) is 0.0973. The van der Waals surface area contributed by atoms with Crippen molar-refractivity contribution in [3.8, 4) is 11.5 Å². The first-order chi connectivity index (χ1) is 13.0. The van der Waals surface area contributed by atoms with Crippen LogP contribution in [-0.2, 0) is 22.7 Å². The summed E-state index contributed by atoms with van der Waals surface area (Å²) in [6, 6.07) is 14.1. The molecule has 0 aliphatic carbocycles. The van der Waals surface area contributed by atoms with Crippen LogP contribution in [0.25, 0.3) is 11.5 Å². The van der Waals surface area contributed by atoms with Gasteiger partial charge in [-0.1, -0.05) is 23.7 Å². The van der Waals surface area contributed by atoms with Crippen LogP contribution in [0.5, 0.6) is 0 Å². The van der Waals surface area contributed by atoms with Crippen molar-refractivity contribution in [1.82, 2.24) is 10.2 Å². The van der Waals surface area contributed by atoms with Gasteiger partial charge in [0, 0.05) is 10.6 Å². The van der Waals surface area contributed by atoms with Crippen molar-refractivity contribution in [2.45, 2.75) is 33.2 Å². The van der Waals surface area contributed by atoms with Gasteiger partial charge in [0.1, 0.15) is 0 Å². The van der Waals surface area contributed by atoms with E-state index in [1.54, 1.807) is 36.4 Å². The number of hydrogen-bond acceptors (Lipinski definition) is 6. The van der Waals surface area contributed by atoms with Crippen molar-refractivity contribution in [2.75, 3.05) is 0 Å². The Bertz CT molecular complexity index is 889. The third-order valence-corrected chi connectivity index (χ3v) is 3.91. The highest BCUT2D eigenvalue weighted by Gasteiger charge is 2.12. The summed E-state index contributed by atoms with van der Waals surface area (Å²) in [4.78, 5) is 12.2. The molecule has 0 spiro atoms. The van der Waals surface area contributed by atoms with Gasteiger partial charge < -0.3 is 13.9 Å². The molecule has 0 atom stereocenters. The summed E-state index contributed by atoms with van der Waals surface area (Å²) in [6.07, 6.45) is 0.154. The van der Waals surface area contributed by atoms with E-state index >= 15 is 0 Å². The van der Waals surface area contributed by atoms with Crippen molar-refractivity contribution in [2.24, 2.45) is 0 Å². The molecule has 0 saturated heterocycles. The second-order valence-electron chi connectivity index (χ2n) is 6.14. The average Bonchev–Trinajstić information content (AvgIpc) is 3.14. The molecule has 0 aliphatic heterocycles. The van der Waals surface area contributed by atoms with Crippen LogP contribution < -0.4 is 0 Å². The van der Waals surface area contributed by atoms with E-state index in [0.29, 0.717) is 23.1 Å². The number of carbonyl (C=O) groups excluding carboxylic acids is 1. The Hall–Kier alpha value is -2.70. The SMILES string of the molecule is CC(C)OCc1ccc(C(=O)OCc2nnc(-c3ccc(Cl)cc3)o2)cc1. The molecular formula is C20H19ClN2O4. The zero-order valence-corrected chi connectivity index (χ0v) is 15.8. The van der Waals surface area contributed by atoms with E-state index in [-0.39, 0.29) is 18.6 Å². The van der Waals surface area contributed by atoms with Crippen molar-refractivity contribution in [1.29, 1.82) is 0 Å². The number of hydrogen-bond donors (Lipinski definition) is 0. The van der Waals surface area contributed by atoms with E-state index in [1.807, 2.05) is 26.0 Å². The first kappa shape index (κ1) is 19.1. The van der Waals surface area contributed by atoms with Crippen LogP contribution >= 0.6 is 11.6 Å². The van der Waals surface area contributed by atoms with E-state index in [0.717, 1.165) is 11.1 Å². The highest BCUT2D eigenvalue weighted by molar-refractivity contribution is 6.30. The van der Waals surface area contributed by atoms with Crippen LogP contribution in [0.15, 0.2) is 52.9 Å². The summed E-state index contributed by atoms with van der Waals surface area (Å²) in [6.45, 7) is 4.35. The summed E-state index contributed by atoms with van der Waals surface area (Å²) < 4.78 is 16.3. The fraction of sp³-hybridized carbons (Fsp3) is 0.250. The van der Waals surface area contributed by atoms with Gasteiger partial charge in [-0.3, -0.25) is 0 Å². The fourth-order valence-corrected chi connectivity index (χ4v) is 2.36. The number of aromatic nitrogens is 2. The molecule has 3 rings (SSSR count). The summed E-state index contributed by atoms with van der Waals surface area (Å²) in [5, 5.41) is 8.46. The molecule has 0 amide bonds. The predicted octanol–water partition coefficient (Wildman–Crippen LogP) is 4.67. The van der Waals surface area contributed by atoms with E-state index in [2.05, 4.69) is 10.2 Å². The molecule has 0 fully saturated rings. The molecule has 6 nitrogen and oxygen atoms in total. The van der Waals surface area contributed by atoms with Crippen LogP contribution in [0.2, 0.25) is 5.02 Å². The maximum atomic E-state index is 12.2. The van der Waals surface area contributed by atoms with Gasteiger partial charge >= 0.3 is 5.97 Å². The number of halogens is 1. The highest BCUT2D eigenvalue weighted by Crippen LogP contribution is 2.20. The second kappa shape index (κ2) is 8.79. The molecule has 0 N–H and O–H groups in total. The third kappa shape index (κ3) is 5.39. The van der Waals surface area contributed by atoms with Crippen LogP contribution in [0.3, 0.4) is 0 Å². The van der Waals surface area contributed by atoms with E-state index in [1.165, 1.54) is 0 Å². The Morgan fingerprint density at radius 2 is 1.74 bits per heavy atom. The van der Waals surface area contributed by atoms with Gasteiger partial charge in [0.25, 0.3) is 5.89 Å². The van der Waals surface area contributed by atoms with Crippen LogP contribution in [0.4, 0.5) is 0 Å². The molecule has 1 heterocycles. The molecule has 27 heavy (non-hydrogen) atoms. The minimum Gasteiger partial charge on any atom is -0.452 e. The van der Waals surface area contributed by atoms with Gasteiger partial charge in [0.2, 0.25) is 5.89 Å². The quantitative estimate of drug-likeness (QED) is 0.549. The van der Waals surface area contributed by atoms with Crippen LogP contribution in [-0.4, -0.2) is 22.3 Å². The smallest absolute Gasteiger partial charge is 0.338 e. The molecule has 140 valence electrons. The fourth-order valence-electron chi connectivity index (χ4n) is 2.23. The average molecular weight is 387 g/mol. The maximum absolute atomic E-state index is 12.2. The Kier molecular flexibility index (Phi) is 6.21. The van der Waals surface area contributed by atoms with Gasteiger partial charge in [-0.05, 0) is 55.8 Å².